The average Bonchev–Trinajstić information content (AvgIpc) is 2.12. The molecule has 1 fully saturated rings. The van der Waals surface area contributed by atoms with Crippen molar-refractivity contribution in [1.29, 1.82) is 0 Å². The molecule has 2 N–H and O–H groups in total. The molecular formula is C10H18O4. The lowest BCUT2D eigenvalue weighted by Gasteiger charge is -2.21. The number of cyclic esters (lactones) is 1. The third kappa shape index (κ3) is 3.64. The summed E-state index contributed by atoms with van der Waals surface area (Å²) in [5, 5.41) is 19.0. The summed E-state index contributed by atoms with van der Waals surface area (Å²) in [6.45, 7) is 1.80. The minimum absolute atomic E-state index is 0.164. The van der Waals surface area contributed by atoms with E-state index < -0.39 is 12.2 Å². The van der Waals surface area contributed by atoms with Crippen LogP contribution in [-0.4, -0.2) is 34.5 Å². The van der Waals surface area contributed by atoms with Crippen LogP contribution < -0.4 is 0 Å². The number of hydrogen-bond acceptors (Lipinski definition) is 4. The summed E-state index contributed by atoms with van der Waals surface area (Å²) in [4.78, 5) is 11.1. The van der Waals surface area contributed by atoms with Gasteiger partial charge in [0.25, 0.3) is 0 Å². The highest BCUT2D eigenvalue weighted by Crippen LogP contribution is 2.15. The van der Waals surface area contributed by atoms with E-state index in [1.165, 1.54) is 0 Å². The number of rotatable bonds is 0. The summed E-state index contributed by atoms with van der Waals surface area (Å²) < 4.78 is 5.08. The molecule has 0 bridgehead atoms. The van der Waals surface area contributed by atoms with Gasteiger partial charge in [0.15, 0.2) is 0 Å². The summed E-state index contributed by atoms with van der Waals surface area (Å²) in [5.74, 6) is -0.207. The van der Waals surface area contributed by atoms with Crippen molar-refractivity contribution in [3.63, 3.8) is 0 Å². The first-order valence-electron chi connectivity index (χ1n) is 5.15. The monoisotopic (exact) mass is 202 g/mol. The van der Waals surface area contributed by atoms with E-state index in [-0.39, 0.29) is 12.1 Å². The maximum atomic E-state index is 11.1. The van der Waals surface area contributed by atoms with Crippen LogP contribution in [0, 0.1) is 0 Å². The van der Waals surface area contributed by atoms with Crippen LogP contribution in [0.1, 0.15) is 39.0 Å². The van der Waals surface area contributed by atoms with Gasteiger partial charge in [-0.05, 0) is 32.6 Å². The van der Waals surface area contributed by atoms with Gasteiger partial charge in [-0.3, -0.25) is 4.79 Å². The highest BCUT2D eigenvalue weighted by molar-refractivity contribution is 5.69. The minimum Gasteiger partial charge on any atom is -0.463 e. The van der Waals surface area contributed by atoms with Crippen molar-refractivity contribution < 1.29 is 19.7 Å². The molecule has 0 spiro atoms. The van der Waals surface area contributed by atoms with Gasteiger partial charge in [-0.15, -0.1) is 0 Å². The first kappa shape index (κ1) is 11.5. The van der Waals surface area contributed by atoms with E-state index >= 15 is 0 Å². The average molecular weight is 202 g/mol. The topological polar surface area (TPSA) is 66.8 Å². The molecule has 1 aliphatic heterocycles. The molecule has 0 aromatic rings. The number of carbonyl (C=O) groups is 1. The van der Waals surface area contributed by atoms with Crippen LogP contribution in [0.25, 0.3) is 0 Å². The van der Waals surface area contributed by atoms with Gasteiger partial charge in [0.05, 0.1) is 18.3 Å². The Bertz CT molecular complexity index is 193. The predicted molar refractivity (Wildman–Crippen MR) is 50.7 cm³/mol. The fourth-order valence-corrected chi connectivity index (χ4v) is 1.59. The Morgan fingerprint density at radius 1 is 1.21 bits per heavy atom. The van der Waals surface area contributed by atoms with Crippen molar-refractivity contribution in [3.05, 3.63) is 0 Å². The van der Waals surface area contributed by atoms with E-state index in [2.05, 4.69) is 0 Å². The minimum atomic E-state index is -0.701. The number of carbonyl (C=O) groups excluding carboxylic acids is 1. The van der Waals surface area contributed by atoms with Crippen molar-refractivity contribution in [3.8, 4) is 0 Å². The molecule has 1 aliphatic rings. The van der Waals surface area contributed by atoms with Crippen LogP contribution in [0.3, 0.4) is 0 Å². The molecule has 4 heteroatoms. The molecule has 1 heterocycles. The van der Waals surface area contributed by atoms with E-state index in [0.717, 1.165) is 0 Å². The molecule has 3 atom stereocenters. The van der Waals surface area contributed by atoms with Gasteiger partial charge in [-0.2, -0.15) is 0 Å². The Hall–Kier alpha value is -0.610. The van der Waals surface area contributed by atoms with E-state index in [1.54, 1.807) is 6.92 Å². The van der Waals surface area contributed by atoms with Crippen LogP contribution in [0.4, 0.5) is 0 Å². The molecule has 1 saturated heterocycles. The van der Waals surface area contributed by atoms with Crippen LogP contribution in [0.5, 0.6) is 0 Å². The van der Waals surface area contributed by atoms with Crippen molar-refractivity contribution in [2.24, 2.45) is 0 Å². The maximum absolute atomic E-state index is 11.1. The molecule has 82 valence electrons. The zero-order valence-electron chi connectivity index (χ0n) is 8.48. The fraction of sp³-hybridized carbons (Fsp3) is 0.900. The van der Waals surface area contributed by atoms with Crippen LogP contribution >= 0.6 is 0 Å². The normalized spacial score (nSPS) is 36.2. The molecule has 4 nitrogen and oxygen atoms in total. The number of ether oxygens (including phenoxy) is 1. The molecule has 0 unspecified atom stereocenters. The van der Waals surface area contributed by atoms with Gasteiger partial charge in [0.2, 0.25) is 0 Å². The van der Waals surface area contributed by atoms with Gasteiger partial charge < -0.3 is 14.9 Å². The zero-order chi connectivity index (χ0) is 10.6. The van der Waals surface area contributed by atoms with Crippen molar-refractivity contribution in [1.82, 2.24) is 0 Å². The highest BCUT2D eigenvalue weighted by Gasteiger charge is 2.20. The second kappa shape index (κ2) is 5.32. The number of aliphatic hydroxyl groups is 2. The van der Waals surface area contributed by atoms with Gasteiger partial charge in [0.1, 0.15) is 0 Å². The third-order valence-corrected chi connectivity index (χ3v) is 2.53. The van der Waals surface area contributed by atoms with Crippen LogP contribution in [-0.2, 0) is 9.53 Å². The summed E-state index contributed by atoms with van der Waals surface area (Å²) in [6, 6.07) is 0. The smallest absolute Gasteiger partial charge is 0.306 e. The lowest BCUT2D eigenvalue weighted by molar-refractivity contribution is -0.149. The van der Waals surface area contributed by atoms with Crippen LogP contribution in [0.2, 0.25) is 0 Å². The van der Waals surface area contributed by atoms with Crippen molar-refractivity contribution >= 4 is 5.97 Å². The highest BCUT2D eigenvalue weighted by atomic mass is 16.5. The molecule has 0 aromatic carbocycles. The lowest BCUT2D eigenvalue weighted by atomic mass is 10.0. The van der Waals surface area contributed by atoms with E-state index in [1.807, 2.05) is 0 Å². The molecule has 14 heavy (non-hydrogen) atoms. The van der Waals surface area contributed by atoms with E-state index in [4.69, 9.17) is 4.74 Å². The number of aliphatic hydroxyl groups excluding tert-OH is 2. The number of hydrogen-bond donors (Lipinski definition) is 2. The van der Waals surface area contributed by atoms with Gasteiger partial charge in [-0.1, -0.05) is 0 Å². The molecular weight excluding hydrogens is 184 g/mol. The first-order valence-corrected chi connectivity index (χ1v) is 5.15. The molecule has 0 amide bonds. The summed E-state index contributed by atoms with van der Waals surface area (Å²) >= 11 is 0. The maximum Gasteiger partial charge on any atom is 0.306 e. The molecule has 0 aliphatic carbocycles. The Labute approximate surface area is 83.9 Å². The molecule has 0 radical (unpaired) electrons. The van der Waals surface area contributed by atoms with Crippen molar-refractivity contribution in [2.45, 2.75) is 57.3 Å². The zero-order valence-corrected chi connectivity index (χ0v) is 8.48. The van der Waals surface area contributed by atoms with E-state index in [0.29, 0.717) is 32.1 Å². The van der Waals surface area contributed by atoms with E-state index in [9.17, 15) is 15.0 Å². The Morgan fingerprint density at radius 3 is 2.57 bits per heavy atom. The SMILES string of the molecule is C[C@@H]1CC[C@@H](O)[C@H](O)CCCC(=O)O1. The molecule has 1 rings (SSSR count). The Balaban J connectivity index is 2.47. The predicted octanol–water partition coefficient (Wildman–Crippen LogP) is 0.604. The van der Waals surface area contributed by atoms with Crippen LogP contribution in [0.15, 0.2) is 0 Å². The quantitative estimate of drug-likeness (QED) is 0.565. The van der Waals surface area contributed by atoms with Gasteiger partial charge >= 0.3 is 5.97 Å². The standard InChI is InChI=1S/C10H18O4/c1-7-5-6-9(12)8(11)3-2-4-10(13)14-7/h7-9,11-12H,2-6H2,1H3/t7-,8-,9-/m1/s1. The summed E-state index contributed by atoms with van der Waals surface area (Å²) in [7, 11) is 0. The van der Waals surface area contributed by atoms with Gasteiger partial charge in [-0.25, -0.2) is 0 Å². The fourth-order valence-electron chi connectivity index (χ4n) is 1.59. The summed E-state index contributed by atoms with van der Waals surface area (Å²) in [5.41, 5.74) is 0. The Kier molecular flexibility index (Phi) is 4.35. The lowest BCUT2D eigenvalue weighted by Crippen LogP contribution is -2.29. The second-order valence-electron chi connectivity index (χ2n) is 3.90. The first-order chi connectivity index (χ1) is 6.59. The molecule has 0 aromatic heterocycles. The second-order valence-corrected chi connectivity index (χ2v) is 3.90. The molecule has 0 saturated carbocycles. The van der Waals surface area contributed by atoms with Gasteiger partial charge in [0, 0.05) is 6.42 Å². The largest absolute Gasteiger partial charge is 0.463 e. The Morgan fingerprint density at radius 2 is 1.86 bits per heavy atom. The van der Waals surface area contributed by atoms with Crippen molar-refractivity contribution in [2.75, 3.05) is 0 Å². The third-order valence-electron chi connectivity index (χ3n) is 2.53. The number of esters is 1. The summed E-state index contributed by atoms with van der Waals surface area (Å²) in [6.07, 6.45) is 0.895.